The van der Waals surface area contributed by atoms with E-state index in [1.807, 2.05) is 30.3 Å². The second kappa shape index (κ2) is 3.78. The molecule has 20 heavy (non-hydrogen) atoms. The van der Waals surface area contributed by atoms with E-state index in [-0.39, 0.29) is 17.1 Å². The molecule has 3 aliphatic carbocycles. The Morgan fingerprint density at radius 1 is 1.05 bits per heavy atom. The van der Waals surface area contributed by atoms with Gasteiger partial charge in [0.25, 0.3) is 0 Å². The number of hydrogen-bond donors (Lipinski definition) is 0. The first kappa shape index (κ1) is 11.8. The first-order chi connectivity index (χ1) is 9.59. The van der Waals surface area contributed by atoms with Gasteiger partial charge in [-0.25, -0.2) is 4.98 Å². The molecule has 1 aromatic carbocycles. The maximum absolute atomic E-state index is 12.6. The molecule has 0 amide bonds. The summed E-state index contributed by atoms with van der Waals surface area (Å²) in [6.07, 6.45) is 1.01. The molecule has 0 radical (unpaired) electrons. The minimum atomic E-state index is 0.111. The lowest BCUT2D eigenvalue weighted by Crippen LogP contribution is -2.52. The zero-order valence-electron chi connectivity index (χ0n) is 11.8. The van der Waals surface area contributed by atoms with Crippen LogP contribution in [-0.2, 0) is 0 Å². The summed E-state index contributed by atoms with van der Waals surface area (Å²) in [6, 6.07) is 14.2. The van der Waals surface area contributed by atoms with Crippen molar-refractivity contribution in [3.8, 4) is 11.3 Å². The summed E-state index contributed by atoms with van der Waals surface area (Å²) in [5, 5.41) is 0. The Kier molecular flexibility index (Phi) is 2.24. The van der Waals surface area contributed by atoms with E-state index in [9.17, 15) is 4.79 Å². The molecule has 100 valence electrons. The third-order valence-electron chi connectivity index (χ3n) is 5.19. The minimum Gasteiger partial charge on any atom is -0.292 e. The highest BCUT2D eigenvalue weighted by Gasteiger charge is 2.57. The van der Waals surface area contributed by atoms with Crippen molar-refractivity contribution in [2.75, 3.05) is 0 Å². The van der Waals surface area contributed by atoms with Crippen molar-refractivity contribution in [1.82, 2.24) is 4.98 Å². The van der Waals surface area contributed by atoms with Crippen molar-refractivity contribution in [1.29, 1.82) is 0 Å². The summed E-state index contributed by atoms with van der Waals surface area (Å²) in [5.41, 5.74) is 3.95. The summed E-state index contributed by atoms with van der Waals surface area (Å²) in [5.74, 6) is 0.904. The minimum absolute atomic E-state index is 0.111. The molecule has 2 atom stereocenters. The highest BCUT2D eigenvalue weighted by atomic mass is 16.1. The predicted octanol–water partition coefficient (Wildman–Crippen LogP) is 4.07. The number of carbonyl (C=O) groups is 1. The van der Waals surface area contributed by atoms with Crippen LogP contribution in [0.5, 0.6) is 0 Å². The number of Topliss-reactive ketones (excluding diaryl/α,β-unsaturated/α-hetero) is 1. The first-order valence-electron chi connectivity index (χ1n) is 7.19. The molecule has 1 aromatic heterocycles. The van der Waals surface area contributed by atoms with Crippen molar-refractivity contribution < 1.29 is 4.79 Å². The first-order valence-corrected chi connectivity index (χ1v) is 7.19. The number of aromatic nitrogens is 1. The van der Waals surface area contributed by atoms with Crippen LogP contribution in [0.4, 0.5) is 0 Å². The lowest BCUT2D eigenvalue weighted by molar-refractivity contribution is 0.0198. The molecule has 2 aromatic rings. The summed E-state index contributed by atoms with van der Waals surface area (Å²) >= 11 is 0. The molecule has 0 saturated heterocycles. The van der Waals surface area contributed by atoms with Gasteiger partial charge >= 0.3 is 0 Å². The van der Waals surface area contributed by atoms with E-state index in [0.717, 1.165) is 23.2 Å². The average molecular weight is 263 g/mol. The highest BCUT2D eigenvalue weighted by Crippen LogP contribution is 2.61. The van der Waals surface area contributed by atoms with Gasteiger partial charge in [-0.2, -0.15) is 0 Å². The summed E-state index contributed by atoms with van der Waals surface area (Å²) in [6.45, 7) is 4.41. The molecule has 0 unspecified atom stereocenters. The molecule has 5 rings (SSSR count). The fourth-order valence-corrected chi connectivity index (χ4v) is 3.78. The van der Waals surface area contributed by atoms with E-state index in [4.69, 9.17) is 0 Å². The summed E-state index contributed by atoms with van der Waals surface area (Å²) in [4.78, 5) is 17.3. The molecule has 2 heteroatoms. The van der Waals surface area contributed by atoms with E-state index in [1.54, 1.807) is 0 Å². The molecule has 1 fully saturated rings. The van der Waals surface area contributed by atoms with Crippen LogP contribution in [0.1, 0.15) is 42.2 Å². The van der Waals surface area contributed by atoms with Crippen LogP contribution in [0.25, 0.3) is 11.3 Å². The van der Waals surface area contributed by atoms with Gasteiger partial charge in [-0.05, 0) is 29.4 Å². The maximum Gasteiger partial charge on any atom is 0.185 e. The zero-order chi connectivity index (χ0) is 13.9. The fraction of sp³-hybridized carbons (Fsp3) is 0.333. The normalized spacial score (nSPS) is 25.8. The summed E-state index contributed by atoms with van der Waals surface area (Å²) < 4.78 is 0. The van der Waals surface area contributed by atoms with Gasteiger partial charge < -0.3 is 0 Å². The van der Waals surface area contributed by atoms with Crippen LogP contribution < -0.4 is 0 Å². The smallest absolute Gasteiger partial charge is 0.185 e. The number of nitrogens with zero attached hydrogens (tertiary/aromatic N) is 1. The summed E-state index contributed by atoms with van der Waals surface area (Å²) in [7, 11) is 0. The van der Waals surface area contributed by atoms with Crippen LogP contribution >= 0.6 is 0 Å². The molecular formula is C18H17NO. The van der Waals surface area contributed by atoms with Gasteiger partial charge in [0.05, 0.1) is 5.69 Å². The number of pyridine rings is 1. The van der Waals surface area contributed by atoms with Crippen molar-refractivity contribution in [2.24, 2.45) is 11.3 Å². The average Bonchev–Trinajstić information content (AvgIpc) is 2.47. The van der Waals surface area contributed by atoms with Crippen LogP contribution in [0.3, 0.4) is 0 Å². The van der Waals surface area contributed by atoms with E-state index in [2.05, 4.69) is 31.0 Å². The van der Waals surface area contributed by atoms with Crippen LogP contribution in [0, 0.1) is 11.3 Å². The van der Waals surface area contributed by atoms with Crippen molar-refractivity contribution in [3.05, 3.63) is 53.7 Å². The number of rotatable bonds is 1. The molecule has 2 bridgehead atoms. The van der Waals surface area contributed by atoms with Crippen LogP contribution in [0.2, 0.25) is 0 Å². The van der Waals surface area contributed by atoms with Crippen LogP contribution in [0.15, 0.2) is 42.5 Å². The number of hydrogen-bond acceptors (Lipinski definition) is 2. The molecule has 0 N–H and O–H groups in total. The fourth-order valence-electron chi connectivity index (χ4n) is 3.78. The van der Waals surface area contributed by atoms with Gasteiger partial charge in [0.15, 0.2) is 5.78 Å². The number of benzene rings is 1. The zero-order valence-corrected chi connectivity index (χ0v) is 11.8. The van der Waals surface area contributed by atoms with E-state index in [0.29, 0.717) is 11.6 Å². The van der Waals surface area contributed by atoms with Gasteiger partial charge in [-0.15, -0.1) is 0 Å². The van der Waals surface area contributed by atoms with Gasteiger partial charge in [0.1, 0.15) is 5.69 Å². The van der Waals surface area contributed by atoms with Crippen molar-refractivity contribution in [2.45, 2.75) is 26.2 Å². The molecule has 0 spiro atoms. The topological polar surface area (TPSA) is 30.0 Å². The molecular weight excluding hydrogens is 246 g/mol. The van der Waals surface area contributed by atoms with Gasteiger partial charge in [0.2, 0.25) is 0 Å². The number of carbonyl (C=O) groups excluding carboxylic acids is 1. The van der Waals surface area contributed by atoms with E-state index < -0.39 is 0 Å². The molecule has 1 saturated carbocycles. The van der Waals surface area contributed by atoms with E-state index in [1.165, 1.54) is 0 Å². The Balaban J connectivity index is 1.84. The number of ketones is 1. The van der Waals surface area contributed by atoms with E-state index >= 15 is 0 Å². The molecule has 3 aliphatic rings. The van der Waals surface area contributed by atoms with Gasteiger partial charge in [-0.1, -0.05) is 50.2 Å². The standard InChI is InChI=1S/C18H17NO/c1-18(2)13-10-14(18)17(20)16-12(13)8-9-15(19-16)11-6-4-3-5-7-11/h3-9,13-14H,10H2,1-2H3/t13-,14+/m1/s1. The van der Waals surface area contributed by atoms with Gasteiger partial charge in [0, 0.05) is 11.5 Å². The lowest BCUT2D eigenvalue weighted by atomic mass is 9.47. The quantitative estimate of drug-likeness (QED) is 0.776. The predicted molar refractivity (Wildman–Crippen MR) is 78.6 cm³/mol. The second-order valence-corrected chi connectivity index (χ2v) is 6.53. The van der Waals surface area contributed by atoms with Gasteiger partial charge in [-0.3, -0.25) is 4.79 Å². The SMILES string of the molecule is CC1(C)[C@@H]2C[C@H]1C(=O)c1nc(-c3ccccc3)ccc12. The highest BCUT2D eigenvalue weighted by molar-refractivity contribution is 6.01. The Bertz CT molecular complexity index is 703. The van der Waals surface area contributed by atoms with Crippen LogP contribution in [-0.4, -0.2) is 10.8 Å². The van der Waals surface area contributed by atoms with Crippen molar-refractivity contribution in [3.63, 3.8) is 0 Å². The molecule has 2 nitrogen and oxygen atoms in total. The third-order valence-corrected chi connectivity index (χ3v) is 5.19. The monoisotopic (exact) mass is 263 g/mol. The molecule has 0 aliphatic heterocycles. The Morgan fingerprint density at radius 2 is 1.80 bits per heavy atom. The van der Waals surface area contributed by atoms with Crippen molar-refractivity contribution >= 4 is 5.78 Å². The third kappa shape index (κ3) is 1.39. The second-order valence-electron chi connectivity index (χ2n) is 6.53. The Labute approximate surface area is 118 Å². The Hall–Kier alpha value is -1.96. The largest absolute Gasteiger partial charge is 0.292 e. The lowest BCUT2D eigenvalue weighted by Gasteiger charge is -2.55. The molecule has 1 heterocycles. The Morgan fingerprint density at radius 3 is 2.50 bits per heavy atom. The maximum atomic E-state index is 12.6.